The summed E-state index contributed by atoms with van der Waals surface area (Å²) in [4.78, 5) is 0. The van der Waals surface area contributed by atoms with Crippen LogP contribution >= 0.6 is 17.0 Å². The van der Waals surface area contributed by atoms with E-state index in [0.717, 1.165) is 17.0 Å². The molecule has 4 aromatic carbocycles. The molecule has 0 aliphatic heterocycles. The van der Waals surface area contributed by atoms with Gasteiger partial charge in [0.1, 0.15) is 0 Å². The molecule has 2 unspecified atom stereocenters. The zero-order chi connectivity index (χ0) is 28.9. The molecule has 4 heteroatoms. The molecule has 0 saturated carbocycles. The molecule has 4 aromatic rings. The summed E-state index contributed by atoms with van der Waals surface area (Å²) in [6.07, 6.45) is 6.85. The molecule has 0 amide bonds. The van der Waals surface area contributed by atoms with Crippen LogP contribution < -0.4 is 0 Å². The molecule has 0 bridgehead atoms. The molecule has 0 aromatic heterocycles. The van der Waals surface area contributed by atoms with E-state index in [9.17, 15) is 0 Å². The van der Waals surface area contributed by atoms with Gasteiger partial charge in [0.05, 0.1) is 0 Å². The zero-order valence-electron chi connectivity index (χ0n) is 24.6. The van der Waals surface area contributed by atoms with Crippen molar-refractivity contribution in [3.63, 3.8) is 0 Å². The number of benzene rings is 4. The van der Waals surface area contributed by atoms with Gasteiger partial charge in [-0.1, -0.05) is 0 Å². The molecule has 0 heterocycles. The Hall–Kier alpha value is -1.96. The first-order valence-electron chi connectivity index (χ1n) is 15.3. The summed E-state index contributed by atoms with van der Waals surface area (Å²) in [6, 6.07) is 35.2. The van der Waals surface area contributed by atoms with Gasteiger partial charge in [0, 0.05) is 0 Å². The van der Waals surface area contributed by atoms with E-state index in [4.69, 9.17) is 17.0 Å². The van der Waals surface area contributed by atoms with E-state index in [2.05, 4.69) is 137 Å². The molecule has 2 aliphatic carbocycles. The summed E-state index contributed by atoms with van der Waals surface area (Å²) in [5.41, 5.74) is 13.3. The summed E-state index contributed by atoms with van der Waals surface area (Å²) < 4.78 is 1.09. The third-order valence-electron chi connectivity index (χ3n) is 10.7. The molecule has 0 radical (unpaired) electrons. The molecular weight excluding hydrogens is 635 g/mol. The Morgan fingerprint density at radius 3 is 1.34 bits per heavy atom. The Kier molecular flexibility index (Phi) is 7.35. The predicted molar refractivity (Wildman–Crippen MR) is 182 cm³/mol. The van der Waals surface area contributed by atoms with E-state index in [0.29, 0.717) is 0 Å². The van der Waals surface area contributed by atoms with Gasteiger partial charge in [0.2, 0.25) is 0 Å². The Morgan fingerprint density at radius 2 is 1.00 bits per heavy atom. The van der Waals surface area contributed by atoms with Crippen LogP contribution in [0.5, 0.6) is 0 Å². The fraction of sp³-hybridized carbons (Fsp3) is 0.243. The Bertz CT molecular complexity index is 1570. The molecule has 2 aliphatic rings. The monoisotopic (exact) mass is 672 g/mol. The SMILES string of the molecule is CCC1=Cc2c(-c3ccccc3)cccc2[CH]1[Zr]([Cl])([Cl])([CH2]C)([SiH2]C)[CH]1C(CC)=Cc2c(-c3ccccc3)cccc21. The number of rotatable bonds is 8. The van der Waals surface area contributed by atoms with Crippen molar-refractivity contribution in [2.24, 2.45) is 0 Å². The van der Waals surface area contributed by atoms with Crippen LogP contribution in [-0.2, 0) is 14.1 Å². The van der Waals surface area contributed by atoms with E-state index in [1.165, 1.54) is 55.7 Å². The van der Waals surface area contributed by atoms with E-state index in [-0.39, 0.29) is 7.25 Å². The van der Waals surface area contributed by atoms with Crippen LogP contribution in [0.1, 0.15) is 63.1 Å². The van der Waals surface area contributed by atoms with E-state index >= 15 is 0 Å². The van der Waals surface area contributed by atoms with Crippen LogP contribution in [0.4, 0.5) is 0 Å². The summed E-state index contributed by atoms with van der Waals surface area (Å²) in [7, 11) is 17.6. The minimum absolute atomic E-state index is 0.108. The van der Waals surface area contributed by atoms with Gasteiger partial charge in [-0.3, -0.25) is 0 Å². The van der Waals surface area contributed by atoms with Gasteiger partial charge in [-0.2, -0.15) is 0 Å². The van der Waals surface area contributed by atoms with Crippen LogP contribution in [0.2, 0.25) is 10.7 Å². The van der Waals surface area contributed by atoms with E-state index in [1.807, 2.05) is 0 Å². The fourth-order valence-corrected chi connectivity index (χ4v) is 45.9. The van der Waals surface area contributed by atoms with Crippen molar-refractivity contribution in [3.05, 3.63) is 130 Å². The molecule has 0 saturated heterocycles. The van der Waals surface area contributed by atoms with Crippen LogP contribution in [-0.4, -0.2) is 6.65 Å². The van der Waals surface area contributed by atoms with Gasteiger partial charge in [-0.25, -0.2) is 0 Å². The van der Waals surface area contributed by atoms with Crippen LogP contribution in [0.15, 0.2) is 108 Å². The van der Waals surface area contributed by atoms with E-state index < -0.39 is 20.7 Å². The molecule has 0 N–H and O–H groups in total. The Morgan fingerprint density at radius 1 is 0.585 bits per heavy atom. The number of halogens is 2. The van der Waals surface area contributed by atoms with Crippen molar-refractivity contribution >= 4 is 35.8 Å². The number of fused-ring (bicyclic) bond motifs is 2. The van der Waals surface area contributed by atoms with Crippen molar-refractivity contribution in [2.45, 2.75) is 51.5 Å². The third-order valence-corrected chi connectivity index (χ3v) is 67.5. The van der Waals surface area contributed by atoms with Crippen molar-refractivity contribution in [2.75, 3.05) is 0 Å². The van der Waals surface area contributed by atoms with Gasteiger partial charge in [0.25, 0.3) is 0 Å². The summed E-state index contributed by atoms with van der Waals surface area (Å²) in [6.45, 7) is 8.45. The van der Waals surface area contributed by atoms with Crippen LogP contribution in [0, 0.1) is 0 Å². The fourth-order valence-electron chi connectivity index (χ4n) is 8.39. The van der Waals surface area contributed by atoms with Crippen molar-refractivity contribution in [3.8, 4) is 22.3 Å². The van der Waals surface area contributed by atoms with Gasteiger partial charge < -0.3 is 0 Å². The standard InChI is InChI=1S/2C17H15.C2H5.CH5Si.2ClH.Zr/c2*1-2-13-11-15-9-6-10-16(17(15)12-13)14-7-4-3-5-8-14;2*1-2;;;/h2*3-12H,2H2,1H3;1H2,2H3;2H2,1H3;2*1H;/q;;;;;;+2/p-2. The molecule has 0 nitrogen and oxygen atoms in total. The third kappa shape index (κ3) is 4.23. The summed E-state index contributed by atoms with van der Waals surface area (Å²) >= 11 is -5.26. The number of allylic oxidation sites excluding steroid dienone is 2. The van der Waals surface area contributed by atoms with Crippen molar-refractivity contribution in [1.29, 1.82) is 0 Å². The Balaban J connectivity index is 1.64. The molecular formula is C37H40Cl2SiZr. The predicted octanol–water partition coefficient (Wildman–Crippen LogP) is 11.5. The van der Waals surface area contributed by atoms with E-state index in [1.54, 1.807) is 0 Å². The van der Waals surface area contributed by atoms with Crippen LogP contribution in [0.3, 0.4) is 0 Å². The molecule has 41 heavy (non-hydrogen) atoms. The minimum atomic E-state index is -5.26. The average Bonchev–Trinajstić information content (AvgIpc) is 3.63. The normalized spacial score (nSPS) is 19.9. The first-order chi connectivity index (χ1) is 19.7. The first-order valence-corrected chi connectivity index (χ1v) is 33.6. The zero-order valence-corrected chi connectivity index (χ0v) is 30.0. The quantitative estimate of drug-likeness (QED) is 0.163. The van der Waals surface area contributed by atoms with Gasteiger partial charge in [-0.05, 0) is 0 Å². The second-order valence-corrected chi connectivity index (χ2v) is 66.2. The molecule has 0 fully saturated rings. The summed E-state index contributed by atoms with van der Waals surface area (Å²) in [5, 5.41) is 0. The molecule has 6 rings (SSSR count). The topological polar surface area (TPSA) is 0 Å². The second kappa shape index (κ2) is 10.3. The first kappa shape index (κ1) is 29.1. The molecule has 2 atom stereocenters. The summed E-state index contributed by atoms with van der Waals surface area (Å²) in [5.74, 6) is 0. The average molecular weight is 675 g/mol. The van der Waals surface area contributed by atoms with Gasteiger partial charge in [0.15, 0.2) is 0 Å². The second-order valence-electron chi connectivity index (χ2n) is 12.3. The maximum atomic E-state index is 8.78. The van der Waals surface area contributed by atoms with Crippen LogP contribution in [0.25, 0.3) is 34.4 Å². The number of hydrogen-bond acceptors (Lipinski definition) is 0. The van der Waals surface area contributed by atoms with Gasteiger partial charge in [-0.15, -0.1) is 0 Å². The number of hydrogen-bond donors (Lipinski definition) is 0. The Labute approximate surface area is 252 Å². The van der Waals surface area contributed by atoms with Crippen molar-refractivity contribution in [1.82, 2.24) is 0 Å². The van der Waals surface area contributed by atoms with Crippen molar-refractivity contribution < 1.29 is 14.1 Å². The molecule has 210 valence electrons. The maximum absolute atomic E-state index is 8.78. The van der Waals surface area contributed by atoms with Gasteiger partial charge >= 0.3 is 254 Å². The molecule has 0 spiro atoms.